The Morgan fingerprint density at radius 3 is 2.46 bits per heavy atom. The van der Waals surface area contributed by atoms with Gasteiger partial charge in [-0.2, -0.15) is 0 Å². The molecule has 5 nitrogen and oxygen atoms in total. The van der Waals surface area contributed by atoms with Crippen molar-refractivity contribution in [2.45, 2.75) is 20.4 Å². The van der Waals surface area contributed by atoms with Gasteiger partial charge in [0, 0.05) is 43.5 Å². The van der Waals surface area contributed by atoms with E-state index in [1.165, 1.54) is 4.88 Å². The number of aryl methyl sites for hydroxylation is 1. The predicted octanol–water partition coefficient (Wildman–Crippen LogP) is 2.79. The second-order valence-corrected chi connectivity index (χ2v) is 7.31. The molecule has 128 valence electrons. The molecule has 1 fully saturated rings. The van der Waals surface area contributed by atoms with Crippen LogP contribution in [-0.4, -0.2) is 54.0 Å². The fourth-order valence-electron chi connectivity index (χ4n) is 2.95. The van der Waals surface area contributed by atoms with Crippen molar-refractivity contribution in [3.63, 3.8) is 0 Å². The summed E-state index contributed by atoms with van der Waals surface area (Å²) in [5.41, 5.74) is 2.18. The maximum Gasteiger partial charge on any atom is 0.219 e. The van der Waals surface area contributed by atoms with Crippen molar-refractivity contribution in [1.82, 2.24) is 14.8 Å². The summed E-state index contributed by atoms with van der Waals surface area (Å²) in [7, 11) is 1.67. The third kappa shape index (κ3) is 3.76. The lowest BCUT2D eigenvalue weighted by Gasteiger charge is -2.33. The first-order valence-corrected chi connectivity index (χ1v) is 8.97. The molecule has 0 radical (unpaired) electrons. The predicted molar refractivity (Wildman–Crippen MR) is 96.4 cm³/mol. The smallest absolute Gasteiger partial charge is 0.219 e. The molecule has 0 unspecified atom stereocenters. The van der Waals surface area contributed by atoms with Gasteiger partial charge in [-0.1, -0.05) is 0 Å². The number of carbonyl (C=O) groups is 1. The Morgan fingerprint density at radius 1 is 1.21 bits per heavy atom. The molecule has 0 aliphatic carbocycles. The first-order chi connectivity index (χ1) is 11.6. The molecule has 1 aromatic heterocycles. The molecular weight excluding hydrogens is 322 g/mol. The third-order valence-corrected chi connectivity index (χ3v) is 5.34. The largest absolute Gasteiger partial charge is 0.497 e. The molecule has 6 heteroatoms. The van der Waals surface area contributed by atoms with Crippen molar-refractivity contribution in [3.05, 3.63) is 34.2 Å². The molecule has 0 N–H and O–H groups in total. The quantitative estimate of drug-likeness (QED) is 0.855. The van der Waals surface area contributed by atoms with Crippen LogP contribution in [0.5, 0.6) is 5.75 Å². The van der Waals surface area contributed by atoms with Gasteiger partial charge < -0.3 is 9.64 Å². The van der Waals surface area contributed by atoms with Crippen LogP contribution >= 0.6 is 11.3 Å². The normalized spacial score (nSPS) is 15.5. The molecule has 0 spiro atoms. The molecule has 1 aromatic carbocycles. The maximum atomic E-state index is 11.4. The molecule has 0 atom stereocenters. The van der Waals surface area contributed by atoms with Gasteiger partial charge >= 0.3 is 0 Å². The fourth-order valence-corrected chi connectivity index (χ4v) is 3.95. The molecule has 2 aromatic rings. The Hall–Kier alpha value is -1.92. The van der Waals surface area contributed by atoms with Gasteiger partial charge in [0.05, 0.1) is 19.3 Å². The number of nitrogens with zero attached hydrogens (tertiary/aromatic N) is 3. The lowest BCUT2D eigenvalue weighted by molar-refractivity contribution is -0.130. The number of piperazine rings is 1. The summed E-state index contributed by atoms with van der Waals surface area (Å²) in [6, 6.07) is 8.04. The highest BCUT2D eigenvalue weighted by atomic mass is 32.1. The van der Waals surface area contributed by atoms with E-state index in [0.717, 1.165) is 54.7 Å². The van der Waals surface area contributed by atoms with E-state index in [4.69, 9.17) is 9.72 Å². The summed E-state index contributed by atoms with van der Waals surface area (Å²) >= 11 is 1.76. The summed E-state index contributed by atoms with van der Waals surface area (Å²) in [5, 5.41) is 1.13. The number of ether oxygens (including phenoxy) is 1. The average Bonchev–Trinajstić information content (AvgIpc) is 2.95. The zero-order valence-electron chi connectivity index (χ0n) is 14.4. The van der Waals surface area contributed by atoms with E-state index in [9.17, 15) is 4.79 Å². The molecule has 1 aliphatic rings. The van der Waals surface area contributed by atoms with E-state index in [2.05, 4.69) is 24.0 Å². The van der Waals surface area contributed by atoms with E-state index in [-0.39, 0.29) is 5.91 Å². The number of methoxy groups -OCH3 is 1. The Balaban J connectivity index is 1.67. The van der Waals surface area contributed by atoms with Crippen LogP contribution < -0.4 is 4.74 Å². The molecule has 0 bridgehead atoms. The van der Waals surface area contributed by atoms with Crippen LogP contribution in [0, 0.1) is 6.92 Å². The molecule has 24 heavy (non-hydrogen) atoms. The van der Waals surface area contributed by atoms with Crippen LogP contribution in [-0.2, 0) is 11.3 Å². The highest BCUT2D eigenvalue weighted by molar-refractivity contribution is 7.12. The summed E-state index contributed by atoms with van der Waals surface area (Å²) in [6.07, 6.45) is 0. The third-order valence-electron chi connectivity index (χ3n) is 4.38. The number of rotatable bonds is 4. The minimum Gasteiger partial charge on any atom is -0.497 e. The van der Waals surface area contributed by atoms with Crippen LogP contribution in [0.25, 0.3) is 11.3 Å². The Bertz CT molecular complexity index is 704. The summed E-state index contributed by atoms with van der Waals surface area (Å²) in [4.78, 5) is 21.8. The number of hydrogen-bond acceptors (Lipinski definition) is 5. The highest BCUT2D eigenvalue weighted by Crippen LogP contribution is 2.29. The van der Waals surface area contributed by atoms with Crippen LogP contribution in [0.1, 0.15) is 16.8 Å². The molecule has 3 rings (SSSR count). The van der Waals surface area contributed by atoms with Crippen LogP contribution in [0.3, 0.4) is 0 Å². The number of hydrogen-bond donors (Lipinski definition) is 0. The van der Waals surface area contributed by atoms with Gasteiger partial charge in [-0.05, 0) is 31.2 Å². The van der Waals surface area contributed by atoms with Gasteiger partial charge in [0.1, 0.15) is 10.8 Å². The first-order valence-electron chi connectivity index (χ1n) is 8.15. The standard InChI is InChI=1S/C18H23N3O2S/c1-13-18(15-4-6-16(23-3)7-5-15)19-17(24-13)12-20-8-10-21(11-9-20)14(2)22/h4-7H,8-12H2,1-3H3. The van der Waals surface area contributed by atoms with Crippen molar-refractivity contribution in [2.24, 2.45) is 0 Å². The van der Waals surface area contributed by atoms with E-state index >= 15 is 0 Å². The molecule has 1 amide bonds. The lowest BCUT2D eigenvalue weighted by Crippen LogP contribution is -2.47. The van der Waals surface area contributed by atoms with Crippen LogP contribution in [0.15, 0.2) is 24.3 Å². The molecule has 1 aliphatic heterocycles. The van der Waals surface area contributed by atoms with Gasteiger partial charge in [0.25, 0.3) is 0 Å². The molecule has 1 saturated heterocycles. The average molecular weight is 345 g/mol. The Labute approximate surface area is 146 Å². The maximum absolute atomic E-state index is 11.4. The minimum absolute atomic E-state index is 0.168. The fraction of sp³-hybridized carbons (Fsp3) is 0.444. The SMILES string of the molecule is COc1ccc(-c2nc(CN3CCN(C(C)=O)CC3)sc2C)cc1. The van der Waals surface area contributed by atoms with Gasteiger partial charge in [-0.15, -0.1) is 11.3 Å². The van der Waals surface area contributed by atoms with E-state index in [0.29, 0.717) is 0 Å². The Morgan fingerprint density at radius 2 is 1.88 bits per heavy atom. The van der Waals surface area contributed by atoms with Crippen molar-refractivity contribution in [1.29, 1.82) is 0 Å². The minimum atomic E-state index is 0.168. The zero-order valence-corrected chi connectivity index (χ0v) is 15.2. The second kappa shape index (κ2) is 7.32. The van der Waals surface area contributed by atoms with Crippen molar-refractivity contribution in [3.8, 4) is 17.0 Å². The number of aromatic nitrogens is 1. The van der Waals surface area contributed by atoms with E-state index in [1.807, 2.05) is 17.0 Å². The molecule has 0 saturated carbocycles. The van der Waals surface area contributed by atoms with Crippen LogP contribution in [0.2, 0.25) is 0 Å². The lowest BCUT2D eigenvalue weighted by atomic mass is 10.1. The van der Waals surface area contributed by atoms with Crippen molar-refractivity contribution in [2.75, 3.05) is 33.3 Å². The first kappa shape index (κ1) is 16.9. The number of carbonyl (C=O) groups excluding carboxylic acids is 1. The second-order valence-electron chi connectivity index (χ2n) is 6.02. The van der Waals surface area contributed by atoms with Gasteiger partial charge in [0.2, 0.25) is 5.91 Å². The molecular formula is C18H23N3O2S. The number of amides is 1. The highest BCUT2D eigenvalue weighted by Gasteiger charge is 2.20. The van der Waals surface area contributed by atoms with E-state index in [1.54, 1.807) is 25.4 Å². The summed E-state index contributed by atoms with van der Waals surface area (Å²) in [5.74, 6) is 1.02. The van der Waals surface area contributed by atoms with Crippen LogP contribution in [0.4, 0.5) is 0 Å². The monoisotopic (exact) mass is 345 g/mol. The molecule has 2 heterocycles. The number of benzene rings is 1. The van der Waals surface area contributed by atoms with Crippen molar-refractivity contribution < 1.29 is 9.53 Å². The van der Waals surface area contributed by atoms with Crippen molar-refractivity contribution >= 4 is 17.2 Å². The van der Waals surface area contributed by atoms with E-state index < -0.39 is 0 Å². The van der Waals surface area contributed by atoms with Gasteiger partial charge in [0.15, 0.2) is 0 Å². The zero-order chi connectivity index (χ0) is 17.1. The summed E-state index contributed by atoms with van der Waals surface area (Å²) < 4.78 is 5.21. The van der Waals surface area contributed by atoms with Gasteiger partial charge in [-0.3, -0.25) is 9.69 Å². The topological polar surface area (TPSA) is 45.7 Å². The van der Waals surface area contributed by atoms with Gasteiger partial charge in [-0.25, -0.2) is 4.98 Å². The summed E-state index contributed by atoms with van der Waals surface area (Å²) in [6.45, 7) is 8.06. The number of thiazole rings is 1. The Kier molecular flexibility index (Phi) is 5.16.